The minimum Gasteiger partial charge on any atom is -0.358 e. The quantitative estimate of drug-likeness (QED) is 0.429. The third-order valence-electron chi connectivity index (χ3n) is 3.48. The van der Waals surface area contributed by atoms with Gasteiger partial charge in [0.05, 0.1) is 8.07 Å². The van der Waals surface area contributed by atoms with Crippen molar-refractivity contribution >= 4 is 8.07 Å². The predicted octanol–water partition coefficient (Wildman–Crippen LogP) is 5.27. The van der Waals surface area contributed by atoms with Crippen molar-refractivity contribution in [1.82, 2.24) is 0 Å². The van der Waals surface area contributed by atoms with E-state index in [1.807, 2.05) is 0 Å². The number of allylic oxidation sites excluding steroid dienone is 4. The van der Waals surface area contributed by atoms with Crippen molar-refractivity contribution in [1.29, 1.82) is 0 Å². The van der Waals surface area contributed by atoms with Crippen molar-refractivity contribution < 1.29 is 21.1 Å². The maximum absolute atomic E-state index is 2.38. The van der Waals surface area contributed by atoms with E-state index in [9.17, 15) is 0 Å². The summed E-state index contributed by atoms with van der Waals surface area (Å²) in [6.07, 6.45) is 8.17. The van der Waals surface area contributed by atoms with Crippen molar-refractivity contribution in [2.45, 2.75) is 45.3 Å². The summed E-state index contributed by atoms with van der Waals surface area (Å²) in [5.74, 6) is 0. The monoisotopic (exact) mass is 420 g/mol. The van der Waals surface area contributed by atoms with E-state index in [1.165, 1.54) is 24.6 Å². The van der Waals surface area contributed by atoms with Gasteiger partial charge >= 0.3 is 0 Å². The topological polar surface area (TPSA) is 0 Å². The summed E-state index contributed by atoms with van der Waals surface area (Å²) in [7, 11) is -0.986. The Kier molecular flexibility index (Phi) is 18.7. The van der Waals surface area contributed by atoms with Crippen LogP contribution in [0.5, 0.6) is 0 Å². The summed E-state index contributed by atoms with van der Waals surface area (Å²) < 4.78 is 0. The first-order chi connectivity index (χ1) is 5.79. The van der Waals surface area contributed by atoms with E-state index < -0.39 is 8.07 Å². The Morgan fingerprint density at radius 3 is 1.69 bits per heavy atom. The Labute approximate surface area is 120 Å². The van der Waals surface area contributed by atoms with Crippen LogP contribution in [0, 0.1) is 22.3 Å². The summed E-state index contributed by atoms with van der Waals surface area (Å²) in [4.78, 5) is 0. The van der Waals surface area contributed by atoms with Crippen LogP contribution in [-0.2, 0) is 21.1 Å². The van der Waals surface area contributed by atoms with Gasteiger partial charge in [-0.15, -0.1) is 0 Å². The Morgan fingerprint density at radius 2 is 1.44 bits per heavy atom. The molecule has 0 radical (unpaired) electrons. The van der Waals surface area contributed by atoms with Crippen molar-refractivity contribution in [2.24, 2.45) is 0 Å². The van der Waals surface area contributed by atoms with E-state index in [1.54, 1.807) is 5.20 Å². The van der Waals surface area contributed by atoms with Crippen LogP contribution >= 0.6 is 0 Å². The van der Waals surface area contributed by atoms with Gasteiger partial charge in [0.15, 0.2) is 0 Å². The summed E-state index contributed by atoms with van der Waals surface area (Å²) in [5.41, 5.74) is 0. The minimum absolute atomic E-state index is 0. The molecule has 0 N–H and O–H groups in total. The van der Waals surface area contributed by atoms with Crippen molar-refractivity contribution in [3.8, 4) is 0 Å². The number of hydrogen-bond donors (Lipinski definition) is 0. The molecule has 0 saturated carbocycles. The molecule has 0 nitrogen and oxygen atoms in total. The fourth-order valence-corrected chi connectivity index (χ4v) is 6.13. The zero-order chi connectivity index (χ0) is 9.03. The first-order valence-corrected chi connectivity index (χ1v) is 7.77. The molecule has 1 aliphatic carbocycles. The molecule has 0 saturated heterocycles. The van der Waals surface area contributed by atoms with E-state index in [0.29, 0.717) is 0 Å². The molecule has 16 heavy (non-hydrogen) atoms. The molecule has 0 aromatic rings. The minimum atomic E-state index is -0.986. The Morgan fingerprint density at radius 1 is 1.00 bits per heavy atom. The molecule has 0 aliphatic heterocycles. The van der Waals surface area contributed by atoms with Gasteiger partial charge in [-0.2, -0.15) is 0 Å². The second-order valence-corrected chi connectivity index (χ2v) is 8.99. The first kappa shape index (κ1) is 25.3. The molecule has 1 aliphatic rings. The van der Waals surface area contributed by atoms with E-state index in [2.05, 4.69) is 39.0 Å². The van der Waals surface area contributed by atoms with Gasteiger partial charge in [-0.3, -0.25) is 0 Å². The van der Waals surface area contributed by atoms with E-state index in [4.69, 9.17) is 0 Å². The molecular weight excluding hydrogens is 391 g/mol. The average Bonchev–Trinajstić information content (AvgIpc) is 2.62. The summed E-state index contributed by atoms with van der Waals surface area (Å²) in [6.45, 7) is 7.12. The van der Waals surface area contributed by atoms with Gasteiger partial charge in [0.1, 0.15) is 0 Å². The van der Waals surface area contributed by atoms with Crippen molar-refractivity contribution in [3.05, 3.63) is 45.7 Å². The second-order valence-electron chi connectivity index (χ2n) is 3.67. The molecule has 0 atom stereocenters. The molecule has 0 amide bonds. The van der Waals surface area contributed by atoms with Gasteiger partial charge in [0, 0.05) is 21.1 Å². The smallest absolute Gasteiger partial charge is 0.0811 e. The van der Waals surface area contributed by atoms with Crippen LogP contribution in [0.1, 0.15) is 27.2 Å². The van der Waals surface area contributed by atoms with Gasteiger partial charge in [-0.25, -0.2) is 0 Å². The molecule has 2 heteroatoms. The zero-order valence-electron chi connectivity index (χ0n) is 11.9. The molecule has 0 aromatic heterocycles. The van der Waals surface area contributed by atoms with Gasteiger partial charge in [-0.05, 0) is 6.42 Å². The van der Waals surface area contributed by atoms with Crippen LogP contribution < -0.4 is 0 Å². The normalized spacial score (nSPS) is 12.6. The maximum Gasteiger partial charge on any atom is 0.0811 e. The molecule has 1 rings (SSSR count). The van der Waals surface area contributed by atoms with Crippen LogP contribution in [0.15, 0.2) is 23.4 Å². The number of hydrogen-bond acceptors (Lipinski definition) is 0. The van der Waals surface area contributed by atoms with E-state index >= 15 is 0 Å². The van der Waals surface area contributed by atoms with Crippen LogP contribution in [0.4, 0.5) is 0 Å². The van der Waals surface area contributed by atoms with Gasteiger partial charge in [-0.1, -0.05) is 62.3 Å². The third kappa shape index (κ3) is 5.14. The average molecular weight is 421 g/mol. The summed E-state index contributed by atoms with van der Waals surface area (Å²) >= 11 is 0. The largest absolute Gasteiger partial charge is 0.358 e. The maximum atomic E-state index is 2.38. The molecule has 0 bridgehead atoms. The van der Waals surface area contributed by atoms with Crippen LogP contribution in [0.2, 0.25) is 18.1 Å². The fraction of sp³-hybridized carbons (Fsp3) is 0.500. The van der Waals surface area contributed by atoms with Crippen LogP contribution in [0.25, 0.3) is 0 Å². The SMILES string of the molecule is CC[Si](CC)(CC)C1=CC=CC1.[CH3-].[CH3-].[CH3-].[Pt]. The zero-order valence-corrected chi connectivity index (χ0v) is 15.1. The van der Waals surface area contributed by atoms with Gasteiger partial charge in [0.25, 0.3) is 0 Å². The Bertz CT molecular complexity index is 195. The molecule has 0 fully saturated rings. The van der Waals surface area contributed by atoms with E-state index in [-0.39, 0.29) is 43.3 Å². The summed E-state index contributed by atoms with van der Waals surface area (Å²) in [6, 6.07) is 4.27. The molecule has 0 heterocycles. The molecular formula is C14H29PtSi-3. The van der Waals surface area contributed by atoms with Crippen LogP contribution in [0.3, 0.4) is 0 Å². The second kappa shape index (κ2) is 11.9. The van der Waals surface area contributed by atoms with Crippen molar-refractivity contribution in [2.75, 3.05) is 0 Å². The molecule has 0 unspecified atom stereocenters. The molecule has 0 spiro atoms. The number of rotatable bonds is 4. The molecule has 0 aromatic carbocycles. The fourth-order valence-electron chi connectivity index (χ4n) is 2.27. The van der Waals surface area contributed by atoms with Gasteiger partial charge in [0.2, 0.25) is 0 Å². The summed E-state index contributed by atoms with van der Waals surface area (Å²) in [5, 5.41) is 1.79. The van der Waals surface area contributed by atoms with E-state index in [0.717, 1.165) is 0 Å². The molecule has 102 valence electrons. The standard InChI is InChI=1S/C11H20Si.3CH3.Pt/c1-4-12(5-2,6-3)11-9-7-8-10-11;;;;/h7-9H,4-6,10H2,1-3H3;3*1H3;/q;3*-1;. The van der Waals surface area contributed by atoms with Crippen LogP contribution in [-0.4, -0.2) is 8.07 Å². The van der Waals surface area contributed by atoms with Crippen molar-refractivity contribution in [3.63, 3.8) is 0 Å². The Hall–Kier alpha value is 0.385. The predicted molar refractivity (Wildman–Crippen MR) is 78.3 cm³/mol. The van der Waals surface area contributed by atoms with Gasteiger partial charge < -0.3 is 22.3 Å². The Balaban J connectivity index is -0.000000180. The third-order valence-corrected chi connectivity index (χ3v) is 9.28. The first-order valence-electron chi connectivity index (χ1n) is 5.15.